The van der Waals surface area contributed by atoms with E-state index < -0.39 is 0 Å². The Morgan fingerprint density at radius 1 is 1.38 bits per heavy atom. The molecule has 0 spiro atoms. The van der Waals surface area contributed by atoms with Gasteiger partial charge in [-0.1, -0.05) is 12.1 Å². The molecule has 2 rings (SSSR count). The van der Waals surface area contributed by atoms with Crippen LogP contribution in [0.25, 0.3) is 0 Å². The first-order valence-corrected chi connectivity index (χ1v) is 4.54. The molecule has 2 heteroatoms. The smallest absolute Gasteiger partial charge is 0.114 e. The Morgan fingerprint density at radius 2 is 2.08 bits per heavy atom. The third-order valence-corrected chi connectivity index (χ3v) is 2.55. The number of benzene rings is 1. The molecule has 1 atom stereocenters. The molecule has 2 nitrogen and oxygen atoms in total. The predicted octanol–water partition coefficient (Wildman–Crippen LogP) is 2.00. The van der Waals surface area contributed by atoms with Gasteiger partial charge in [0.05, 0.1) is 6.61 Å². The average molecular weight is 177 g/mol. The number of hydrogen-bond donors (Lipinski definition) is 0. The lowest BCUT2D eigenvalue weighted by molar-refractivity contribution is 0.329. The van der Waals surface area contributed by atoms with E-state index in [0.717, 1.165) is 6.61 Å². The van der Waals surface area contributed by atoms with Crippen LogP contribution < -0.4 is 4.90 Å². The molecule has 1 unspecified atom stereocenters. The largest absolute Gasteiger partial charge is 0.378 e. The Labute approximate surface area is 79.1 Å². The van der Waals surface area contributed by atoms with Crippen molar-refractivity contribution in [1.82, 2.24) is 0 Å². The molecule has 1 aromatic rings. The summed E-state index contributed by atoms with van der Waals surface area (Å²) >= 11 is 0. The maximum Gasteiger partial charge on any atom is 0.114 e. The number of ether oxygens (including phenoxy) is 1. The summed E-state index contributed by atoms with van der Waals surface area (Å²) in [6.07, 6.45) is 0. The maximum atomic E-state index is 5.40. The minimum Gasteiger partial charge on any atom is -0.378 e. The van der Waals surface area contributed by atoms with E-state index in [1.807, 2.05) is 0 Å². The molecule has 1 saturated heterocycles. The highest BCUT2D eigenvalue weighted by Gasteiger charge is 2.41. The van der Waals surface area contributed by atoms with Crippen LogP contribution in [0.1, 0.15) is 12.5 Å². The van der Waals surface area contributed by atoms with Crippen LogP contribution >= 0.6 is 0 Å². The Kier molecular flexibility index (Phi) is 1.81. The Morgan fingerprint density at radius 3 is 2.62 bits per heavy atom. The normalized spacial score (nSPS) is 25.8. The molecule has 0 N–H and O–H groups in total. The molecule has 1 heterocycles. The van der Waals surface area contributed by atoms with E-state index in [0.29, 0.717) is 0 Å². The number of hydrogen-bond acceptors (Lipinski definition) is 2. The Bertz CT molecular complexity index is 316. The van der Waals surface area contributed by atoms with Gasteiger partial charge in [0, 0.05) is 19.8 Å². The van der Waals surface area contributed by atoms with Gasteiger partial charge in [-0.15, -0.1) is 0 Å². The third kappa shape index (κ3) is 1.54. The minimum atomic E-state index is -0.00792. The van der Waals surface area contributed by atoms with Crippen LogP contribution in [-0.4, -0.2) is 20.7 Å². The van der Waals surface area contributed by atoms with Gasteiger partial charge in [0.2, 0.25) is 0 Å². The van der Waals surface area contributed by atoms with Crippen LogP contribution in [0.3, 0.4) is 0 Å². The first-order chi connectivity index (χ1) is 6.12. The number of rotatable bonds is 2. The van der Waals surface area contributed by atoms with E-state index in [9.17, 15) is 0 Å². The van der Waals surface area contributed by atoms with Gasteiger partial charge in [0.25, 0.3) is 0 Å². The topological polar surface area (TPSA) is 15.8 Å². The fourth-order valence-corrected chi connectivity index (χ4v) is 1.39. The molecule has 1 aliphatic rings. The fourth-order valence-electron chi connectivity index (χ4n) is 1.39. The first kappa shape index (κ1) is 8.57. The zero-order valence-electron chi connectivity index (χ0n) is 8.37. The molecule has 0 radical (unpaired) electrons. The van der Waals surface area contributed by atoms with Crippen molar-refractivity contribution in [2.75, 3.05) is 25.6 Å². The van der Waals surface area contributed by atoms with E-state index in [1.165, 1.54) is 11.3 Å². The standard InChI is InChI=1S/C11H15NO/c1-11(8-13-11)9-5-4-6-10(7-9)12(2)3/h4-7H,8H2,1-3H3. The number of anilines is 1. The van der Waals surface area contributed by atoms with Crippen LogP contribution in [0.2, 0.25) is 0 Å². The minimum absolute atomic E-state index is 0.00792. The number of epoxide rings is 1. The molecule has 70 valence electrons. The van der Waals surface area contributed by atoms with Gasteiger partial charge in [-0.05, 0) is 24.6 Å². The lowest BCUT2D eigenvalue weighted by Crippen LogP contribution is -2.10. The Hall–Kier alpha value is -1.02. The van der Waals surface area contributed by atoms with Crippen LogP contribution in [0.4, 0.5) is 5.69 Å². The first-order valence-electron chi connectivity index (χ1n) is 4.54. The molecular formula is C11H15NO. The fraction of sp³-hybridized carbons (Fsp3) is 0.455. The molecule has 0 aromatic heterocycles. The molecule has 0 bridgehead atoms. The zero-order valence-corrected chi connectivity index (χ0v) is 8.37. The summed E-state index contributed by atoms with van der Waals surface area (Å²) in [6.45, 7) is 2.98. The van der Waals surface area contributed by atoms with E-state index in [2.05, 4.69) is 50.2 Å². The summed E-state index contributed by atoms with van der Waals surface area (Å²) in [5.74, 6) is 0. The van der Waals surface area contributed by atoms with E-state index in [1.54, 1.807) is 0 Å². The van der Waals surface area contributed by atoms with Crippen molar-refractivity contribution < 1.29 is 4.74 Å². The lowest BCUT2D eigenvalue weighted by atomic mass is 10.0. The summed E-state index contributed by atoms with van der Waals surface area (Å²) in [7, 11) is 4.10. The van der Waals surface area contributed by atoms with Crippen LogP contribution in [0.15, 0.2) is 24.3 Å². The second-order valence-electron chi connectivity index (χ2n) is 3.96. The monoisotopic (exact) mass is 177 g/mol. The van der Waals surface area contributed by atoms with Crippen molar-refractivity contribution in [1.29, 1.82) is 0 Å². The number of nitrogens with zero attached hydrogens (tertiary/aromatic N) is 1. The SMILES string of the molecule is CN(C)c1cccc(C2(C)CO2)c1. The highest BCUT2D eigenvalue weighted by molar-refractivity contribution is 5.49. The molecule has 1 aromatic carbocycles. The van der Waals surface area contributed by atoms with Gasteiger partial charge in [-0.2, -0.15) is 0 Å². The van der Waals surface area contributed by atoms with Crippen molar-refractivity contribution in [3.8, 4) is 0 Å². The Balaban J connectivity index is 2.33. The van der Waals surface area contributed by atoms with Gasteiger partial charge in [-0.25, -0.2) is 0 Å². The second kappa shape index (κ2) is 2.74. The van der Waals surface area contributed by atoms with Gasteiger partial charge in [0.15, 0.2) is 0 Å². The molecule has 0 saturated carbocycles. The molecule has 1 aliphatic heterocycles. The molecule has 0 amide bonds. The van der Waals surface area contributed by atoms with Crippen molar-refractivity contribution in [2.45, 2.75) is 12.5 Å². The van der Waals surface area contributed by atoms with E-state index in [-0.39, 0.29) is 5.60 Å². The van der Waals surface area contributed by atoms with Crippen LogP contribution in [0, 0.1) is 0 Å². The quantitative estimate of drug-likeness (QED) is 0.642. The van der Waals surface area contributed by atoms with E-state index in [4.69, 9.17) is 4.74 Å². The summed E-state index contributed by atoms with van der Waals surface area (Å²) in [4.78, 5) is 2.11. The van der Waals surface area contributed by atoms with Crippen molar-refractivity contribution >= 4 is 5.69 Å². The van der Waals surface area contributed by atoms with Crippen LogP contribution in [0.5, 0.6) is 0 Å². The molecule has 1 fully saturated rings. The predicted molar refractivity (Wildman–Crippen MR) is 54.1 cm³/mol. The highest BCUT2D eigenvalue weighted by Crippen LogP contribution is 2.38. The molecular weight excluding hydrogens is 162 g/mol. The molecule has 13 heavy (non-hydrogen) atoms. The average Bonchev–Trinajstić information content (AvgIpc) is 2.85. The van der Waals surface area contributed by atoms with E-state index >= 15 is 0 Å². The summed E-state index contributed by atoms with van der Waals surface area (Å²) in [5, 5.41) is 0. The zero-order chi connectivity index (χ0) is 9.47. The summed E-state index contributed by atoms with van der Waals surface area (Å²) < 4.78 is 5.40. The molecule has 0 aliphatic carbocycles. The van der Waals surface area contributed by atoms with Gasteiger partial charge in [0.1, 0.15) is 5.60 Å². The maximum absolute atomic E-state index is 5.40. The van der Waals surface area contributed by atoms with Crippen LogP contribution in [-0.2, 0) is 10.3 Å². The summed E-state index contributed by atoms with van der Waals surface area (Å²) in [6, 6.07) is 8.50. The van der Waals surface area contributed by atoms with Crippen molar-refractivity contribution in [2.24, 2.45) is 0 Å². The second-order valence-corrected chi connectivity index (χ2v) is 3.96. The van der Waals surface area contributed by atoms with Crippen molar-refractivity contribution in [3.05, 3.63) is 29.8 Å². The van der Waals surface area contributed by atoms with Crippen molar-refractivity contribution in [3.63, 3.8) is 0 Å². The lowest BCUT2D eigenvalue weighted by Gasteiger charge is -2.14. The van der Waals surface area contributed by atoms with Gasteiger partial charge in [-0.3, -0.25) is 0 Å². The highest BCUT2D eigenvalue weighted by atomic mass is 16.6. The summed E-state index contributed by atoms with van der Waals surface area (Å²) in [5.41, 5.74) is 2.50. The van der Waals surface area contributed by atoms with Gasteiger partial charge < -0.3 is 9.64 Å². The third-order valence-electron chi connectivity index (χ3n) is 2.55. The van der Waals surface area contributed by atoms with Gasteiger partial charge >= 0.3 is 0 Å².